The predicted octanol–water partition coefficient (Wildman–Crippen LogP) is 5.96. The van der Waals surface area contributed by atoms with Crippen LogP contribution in [0.4, 0.5) is 5.69 Å². The largest absolute Gasteiger partial charge is 0.284 e. The molecule has 5 nitrogen and oxygen atoms in total. The number of carbonyl (C=O) groups excluding carboxylic acids is 1. The van der Waals surface area contributed by atoms with Crippen molar-refractivity contribution in [2.75, 3.05) is 18.1 Å². The number of hydrazine groups is 1. The Hall–Kier alpha value is -1.79. The smallest absolute Gasteiger partial charge is 0.282 e. The van der Waals surface area contributed by atoms with Gasteiger partial charge in [-0.15, -0.1) is 0 Å². The zero-order chi connectivity index (χ0) is 22.4. The summed E-state index contributed by atoms with van der Waals surface area (Å²) < 4.78 is 0. The van der Waals surface area contributed by atoms with Crippen LogP contribution in [0.15, 0.2) is 47.6 Å². The highest BCUT2D eigenvalue weighted by atomic mass is 35.5. The van der Waals surface area contributed by atoms with Crippen molar-refractivity contribution in [3.05, 3.63) is 63.1 Å². The third-order valence-corrected chi connectivity index (χ3v) is 7.76. The summed E-state index contributed by atoms with van der Waals surface area (Å²) >= 11 is 18.8. The van der Waals surface area contributed by atoms with E-state index in [2.05, 4.69) is 10.4 Å². The van der Waals surface area contributed by atoms with Crippen molar-refractivity contribution in [2.24, 2.45) is 22.9 Å². The van der Waals surface area contributed by atoms with Gasteiger partial charge in [-0.1, -0.05) is 60.3 Å². The van der Waals surface area contributed by atoms with Gasteiger partial charge in [-0.3, -0.25) is 15.2 Å². The lowest BCUT2D eigenvalue weighted by Gasteiger charge is -2.27. The Labute approximate surface area is 203 Å². The number of hydrogen-bond acceptors (Lipinski definition) is 4. The summed E-state index contributed by atoms with van der Waals surface area (Å²) in [5.41, 5.74) is 5.33. The van der Waals surface area contributed by atoms with E-state index < -0.39 is 0 Å². The number of hydrazone groups is 1. The number of amides is 1. The van der Waals surface area contributed by atoms with Gasteiger partial charge in [-0.05, 0) is 60.6 Å². The van der Waals surface area contributed by atoms with E-state index in [1.54, 1.807) is 12.1 Å². The van der Waals surface area contributed by atoms with Gasteiger partial charge in [0.25, 0.3) is 5.91 Å². The first kappa shape index (κ1) is 22.0. The van der Waals surface area contributed by atoms with E-state index >= 15 is 0 Å². The average molecular weight is 492 g/mol. The standard InChI is InChI=1S/C24H25Cl3N4O/c1-14-22(24(32)29-30-12-16-3-2-4-17(16)13-30)28-31(21-10-9-19(26)11-20(21)27)23(14)15-5-7-18(25)8-6-15/h5-11,14,16-17,23H,2-4,12-13H2,1H3,(H,29,32)/t14-,16?,17?,23+/m0/s1. The molecule has 2 aromatic rings. The van der Waals surface area contributed by atoms with Crippen LogP contribution < -0.4 is 10.4 Å². The van der Waals surface area contributed by atoms with E-state index in [4.69, 9.17) is 39.9 Å². The van der Waals surface area contributed by atoms with Crippen molar-refractivity contribution in [3.63, 3.8) is 0 Å². The van der Waals surface area contributed by atoms with Gasteiger partial charge in [0.2, 0.25) is 0 Å². The van der Waals surface area contributed by atoms with Gasteiger partial charge >= 0.3 is 0 Å². The fourth-order valence-electron chi connectivity index (χ4n) is 5.37. The first-order valence-electron chi connectivity index (χ1n) is 11.0. The highest BCUT2D eigenvalue weighted by Gasteiger charge is 2.42. The molecule has 2 fully saturated rings. The Morgan fingerprint density at radius 2 is 1.66 bits per heavy atom. The topological polar surface area (TPSA) is 47.9 Å². The van der Waals surface area contributed by atoms with Gasteiger partial charge in [-0.2, -0.15) is 5.10 Å². The number of carbonyl (C=O) groups is 1. The number of anilines is 1. The van der Waals surface area contributed by atoms with Crippen molar-refractivity contribution in [2.45, 2.75) is 32.2 Å². The second-order valence-corrected chi connectivity index (χ2v) is 10.3. The highest BCUT2D eigenvalue weighted by molar-refractivity contribution is 6.41. The second-order valence-electron chi connectivity index (χ2n) is 9.01. The molecule has 8 heteroatoms. The zero-order valence-corrected chi connectivity index (χ0v) is 20.0. The average Bonchev–Trinajstić information content (AvgIpc) is 3.42. The van der Waals surface area contributed by atoms with E-state index in [-0.39, 0.29) is 17.9 Å². The minimum Gasteiger partial charge on any atom is -0.284 e. The van der Waals surface area contributed by atoms with Gasteiger partial charge < -0.3 is 0 Å². The highest BCUT2D eigenvalue weighted by Crippen LogP contribution is 2.43. The molecular weight excluding hydrogens is 467 g/mol. The molecule has 2 heterocycles. The van der Waals surface area contributed by atoms with Crippen LogP contribution in [0.1, 0.15) is 37.8 Å². The monoisotopic (exact) mass is 490 g/mol. The zero-order valence-electron chi connectivity index (χ0n) is 17.8. The molecule has 2 aromatic carbocycles. The minimum atomic E-state index is -0.190. The molecule has 2 aliphatic heterocycles. The molecule has 5 rings (SSSR count). The lowest BCUT2D eigenvalue weighted by atomic mass is 9.91. The Balaban J connectivity index is 1.44. The van der Waals surface area contributed by atoms with Crippen LogP contribution >= 0.6 is 34.8 Å². The Kier molecular flexibility index (Phi) is 6.10. The molecule has 1 saturated carbocycles. The molecule has 0 spiro atoms. The van der Waals surface area contributed by atoms with Crippen molar-refractivity contribution < 1.29 is 4.79 Å². The molecule has 32 heavy (non-hydrogen) atoms. The van der Waals surface area contributed by atoms with E-state index in [0.29, 0.717) is 38.3 Å². The van der Waals surface area contributed by atoms with Crippen molar-refractivity contribution in [1.29, 1.82) is 0 Å². The first-order chi connectivity index (χ1) is 15.4. The van der Waals surface area contributed by atoms with Crippen LogP contribution in [0.3, 0.4) is 0 Å². The fourth-order valence-corrected chi connectivity index (χ4v) is 5.99. The maximum atomic E-state index is 13.3. The Bertz CT molecular complexity index is 1050. The lowest BCUT2D eigenvalue weighted by molar-refractivity contribution is -0.119. The van der Waals surface area contributed by atoms with E-state index in [9.17, 15) is 4.79 Å². The molecule has 3 aliphatic rings. The Morgan fingerprint density at radius 1 is 1.00 bits per heavy atom. The van der Waals surface area contributed by atoms with Crippen LogP contribution in [0.5, 0.6) is 0 Å². The number of nitrogens with one attached hydrogen (secondary N) is 1. The minimum absolute atomic E-state index is 0.148. The number of nitrogens with zero attached hydrogens (tertiary/aromatic N) is 3. The van der Waals surface area contributed by atoms with Crippen LogP contribution in [-0.2, 0) is 4.79 Å². The molecule has 0 bridgehead atoms. The van der Waals surface area contributed by atoms with Crippen molar-refractivity contribution in [1.82, 2.24) is 10.4 Å². The molecular formula is C24H25Cl3N4O. The second kappa shape index (κ2) is 8.86. The first-order valence-corrected chi connectivity index (χ1v) is 12.2. The number of rotatable bonds is 4. The fraction of sp³-hybridized carbons (Fsp3) is 0.417. The summed E-state index contributed by atoms with van der Waals surface area (Å²) in [6.07, 6.45) is 3.83. The summed E-state index contributed by atoms with van der Waals surface area (Å²) in [5, 5.41) is 10.4. The maximum absolute atomic E-state index is 13.3. The number of hydrogen-bond donors (Lipinski definition) is 1. The van der Waals surface area contributed by atoms with E-state index in [1.807, 2.05) is 42.3 Å². The summed E-state index contributed by atoms with van der Waals surface area (Å²) in [6.45, 7) is 3.87. The quantitative estimate of drug-likeness (QED) is 0.574. The lowest BCUT2D eigenvalue weighted by Crippen LogP contribution is -2.45. The van der Waals surface area contributed by atoms with Crippen molar-refractivity contribution in [3.8, 4) is 0 Å². The molecule has 1 amide bonds. The maximum Gasteiger partial charge on any atom is 0.282 e. The molecule has 1 saturated heterocycles. The molecule has 2 unspecified atom stereocenters. The third-order valence-electron chi connectivity index (χ3n) is 6.97. The van der Waals surface area contributed by atoms with E-state index in [0.717, 1.165) is 18.7 Å². The number of benzene rings is 2. The van der Waals surface area contributed by atoms with Gasteiger partial charge in [0.05, 0.1) is 16.8 Å². The summed E-state index contributed by atoms with van der Waals surface area (Å²) in [4.78, 5) is 13.3. The molecule has 4 atom stereocenters. The molecule has 1 aliphatic carbocycles. The van der Waals surface area contributed by atoms with Crippen molar-refractivity contribution >= 4 is 52.1 Å². The van der Waals surface area contributed by atoms with Gasteiger partial charge in [0.1, 0.15) is 5.71 Å². The normalized spacial score (nSPS) is 27.5. The number of fused-ring (bicyclic) bond motifs is 1. The number of halogens is 3. The van der Waals surface area contributed by atoms with Crippen LogP contribution in [-0.4, -0.2) is 29.7 Å². The van der Waals surface area contributed by atoms with Gasteiger partial charge in [-0.25, -0.2) is 5.01 Å². The third kappa shape index (κ3) is 4.12. The molecule has 0 radical (unpaired) electrons. The SMILES string of the molecule is C[C@H]1C(C(=O)NN2CC3CCCC3C2)=NN(c2ccc(Cl)cc2Cl)[C@H]1c1ccc(Cl)cc1. The summed E-state index contributed by atoms with van der Waals surface area (Å²) in [6, 6.07) is 12.8. The summed E-state index contributed by atoms with van der Waals surface area (Å²) in [5.74, 6) is 1.10. The van der Waals surface area contributed by atoms with Crippen LogP contribution in [0.25, 0.3) is 0 Å². The molecule has 1 N–H and O–H groups in total. The Morgan fingerprint density at radius 3 is 2.31 bits per heavy atom. The van der Waals surface area contributed by atoms with Crippen LogP contribution in [0, 0.1) is 17.8 Å². The van der Waals surface area contributed by atoms with E-state index in [1.165, 1.54) is 19.3 Å². The van der Waals surface area contributed by atoms with Gasteiger partial charge in [0.15, 0.2) is 0 Å². The molecule has 168 valence electrons. The van der Waals surface area contributed by atoms with Gasteiger partial charge in [0, 0.05) is 29.1 Å². The predicted molar refractivity (Wildman–Crippen MR) is 130 cm³/mol. The van der Waals surface area contributed by atoms with Crippen LogP contribution in [0.2, 0.25) is 15.1 Å². The summed E-state index contributed by atoms with van der Waals surface area (Å²) in [7, 11) is 0. The molecule has 0 aromatic heterocycles.